The van der Waals surface area contributed by atoms with Crippen molar-refractivity contribution in [3.05, 3.63) is 34.9 Å². The topological polar surface area (TPSA) is 0 Å². The van der Waals surface area contributed by atoms with Crippen molar-refractivity contribution in [1.82, 2.24) is 0 Å². The third-order valence-electron chi connectivity index (χ3n) is 2.29. The van der Waals surface area contributed by atoms with Crippen LogP contribution in [0.1, 0.15) is 24.4 Å². The van der Waals surface area contributed by atoms with E-state index in [2.05, 4.69) is 6.92 Å². The average molecular weight is 268 g/mol. The second kappa shape index (κ2) is 4.89. The van der Waals surface area contributed by atoms with Gasteiger partial charge >= 0.3 is 0 Å². The van der Waals surface area contributed by atoms with Crippen molar-refractivity contribution in [2.45, 2.75) is 25.4 Å². The predicted molar refractivity (Wildman–Crippen MR) is 67.8 cm³/mol. The van der Waals surface area contributed by atoms with E-state index in [4.69, 9.17) is 33.8 Å². The van der Waals surface area contributed by atoms with Gasteiger partial charge in [-0.1, -0.05) is 30.7 Å². The van der Waals surface area contributed by atoms with Gasteiger partial charge in [0, 0.05) is 10.6 Å². The minimum absolute atomic E-state index is 0.281. The van der Waals surface area contributed by atoms with Crippen molar-refractivity contribution in [3.8, 4) is 0 Å². The highest BCUT2D eigenvalue weighted by atomic mass is 35.7. The van der Waals surface area contributed by atoms with Crippen molar-refractivity contribution in [2.75, 3.05) is 0 Å². The summed E-state index contributed by atoms with van der Waals surface area (Å²) in [4.78, 5) is 0. The van der Waals surface area contributed by atoms with Crippen molar-refractivity contribution in [1.29, 1.82) is 0 Å². The van der Waals surface area contributed by atoms with E-state index in [1.807, 2.05) is 30.8 Å². The van der Waals surface area contributed by atoms with Gasteiger partial charge in [-0.2, -0.15) is 0 Å². The average Bonchev–Trinajstić information content (AvgIpc) is 2.07. The highest BCUT2D eigenvalue weighted by Gasteiger charge is 2.32. The lowest BCUT2D eigenvalue weighted by Crippen LogP contribution is -2.25. The van der Waals surface area contributed by atoms with Crippen LogP contribution in [0.15, 0.2) is 24.3 Å². The molecule has 0 amide bonds. The Morgan fingerprint density at radius 3 is 2.07 bits per heavy atom. The molecule has 0 heterocycles. The first-order valence-corrected chi connectivity index (χ1v) is 9.56. The van der Waals surface area contributed by atoms with Gasteiger partial charge < -0.3 is 0 Å². The Labute approximate surface area is 101 Å². The molecule has 0 spiro atoms. The number of hydrogen-bond donors (Lipinski definition) is 0. The fourth-order valence-corrected chi connectivity index (χ4v) is 4.88. The Balaban J connectivity index is 2.96. The summed E-state index contributed by atoms with van der Waals surface area (Å²) in [6, 6.07) is 7.78. The van der Waals surface area contributed by atoms with E-state index in [-0.39, 0.29) is 5.54 Å². The van der Waals surface area contributed by atoms with E-state index in [9.17, 15) is 0 Å². The maximum Gasteiger partial charge on any atom is 0.255 e. The zero-order valence-electron chi connectivity index (χ0n) is 8.23. The fraction of sp³-hybridized carbons (Fsp3) is 0.400. The van der Waals surface area contributed by atoms with Crippen LogP contribution < -0.4 is 0 Å². The van der Waals surface area contributed by atoms with Crippen LogP contribution >= 0.6 is 33.8 Å². The molecule has 0 nitrogen and oxygen atoms in total. The summed E-state index contributed by atoms with van der Waals surface area (Å²) in [7, 11) is 0. The Hall–Kier alpha value is 0.307. The zero-order chi connectivity index (χ0) is 10.8. The van der Waals surface area contributed by atoms with Gasteiger partial charge in [0.05, 0.1) is 0 Å². The van der Waals surface area contributed by atoms with Crippen LogP contribution in [0.25, 0.3) is 0 Å². The summed E-state index contributed by atoms with van der Waals surface area (Å²) >= 11 is 18.3. The molecule has 0 radical (unpaired) electrons. The molecule has 1 atom stereocenters. The molecule has 0 aliphatic carbocycles. The van der Waals surface area contributed by atoms with E-state index in [0.717, 1.165) is 11.4 Å². The second-order valence-electron chi connectivity index (χ2n) is 3.47. The maximum absolute atomic E-state index is 6.24. The molecule has 78 valence electrons. The molecule has 0 fully saturated rings. The van der Waals surface area contributed by atoms with Gasteiger partial charge in [0.2, 0.25) is 0 Å². The molecule has 0 saturated carbocycles. The first kappa shape index (κ1) is 12.4. The van der Waals surface area contributed by atoms with E-state index in [0.29, 0.717) is 0 Å². The Morgan fingerprint density at radius 2 is 1.71 bits per heavy atom. The van der Waals surface area contributed by atoms with Gasteiger partial charge in [0.1, 0.15) is 0 Å². The summed E-state index contributed by atoms with van der Waals surface area (Å²) in [5.74, 6) is 0. The van der Waals surface area contributed by atoms with E-state index >= 15 is 0 Å². The highest BCUT2D eigenvalue weighted by molar-refractivity contribution is 7.45. The summed E-state index contributed by atoms with van der Waals surface area (Å²) in [6.07, 6.45) is 0.970. The summed E-state index contributed by atoms with van der Waals surface area (Å²) in [5.41, 5.74) is 1.47. The Morgan fingerprint density at radius 1 is 1.21 bits per heavy atom. The molecular formula is C10H13Cl3Si. The van der Waals surface area contributed by atoms with Crippen LogP contribution in [0.4, 0.5) is 0 Å². The SMILES string of the molecule is CCC(c1ccc(Cl)cc1)[Si](C)(Cl)Cl. The number of benzene rings is 1. The van der Waals surface area contributed by atoms with Gasteiger partial charge in [-0.3, -0.25) is 0 Å². The Kier molecular flexibility index (Phi) is 4.32. The molecular weight excluding hydrogens is 255 g/mol. The first-order chi connectivity index (χ1) is 6.45. The Bertz CT molecular complexity index is 289. The van der Waals surface area contributed by atoms with E-state index in [1.165, 1.54) is 5.56 Å². The first-order valence-electron chi connectivity index (χ1n) is 4.58. The summed E-state index contributed by atoms with van der Waals surface area (Å²) in [5, 5.41) is 0.746. The zero-order valence-corrected chi connectivity index (χ0v) is 11.5. The van der Waals surface area contributed by atoms with Crippen molar-refractivity contribution in [2.24, 2.45) is 0 Å². The van der Waals surface area contributed by atoms with Gasteiger partial charge in [0.15, 0.2) is 0 Å². The normalized spacial score (nSPS) is 14.1. The van der Waals surface area contributed by atoms with Gasteiger partial charge in [0.25, 0.3) is 6.69 Å². The number of hydrogen-bond acceptors (Lipinski definition) is 0. The molecule has 0 aromatic heterocycles. The molecule has 14 heavy (non-hydrogen) atoms. The lowest BCUT2D eigenvalue weighted by Gasteiger charge is -2.23. The smallest absolute Gasteiger partial charge is 0.145 e. The van der Waals surface area contributed by atoms with Crippen LogP contribution in [-0.4, -0.2) is 6.69 Å². The number of rotatable bonds is 3. The molecule has 0 saturated heterocycles. The molecule has 0 bridgehead atoms. The van der Waals surface area contributed by atoms with Gasteiger partial charge in [-0.25, -0.2) is 0 Å². The molecule has 1 aromatic rings. The third-order valence-corrected chi connectivity index (χ3v) is 6.09. The highest BCUT2D eigenvalue weighted by Crippen LogP contribution is 2.35. The van der Waals surface area contributed by atoms with Crippen molar-refractivity contribution in [3.63, 3.8) is 0 Å². The minimum atomic E-state index is -2.14. The van der Waals surface area contributed by atoms with Crippen LogP contribution in [0.3, 0.4) is 0 Å². The number of halogens is 3. The monoisotopic (exact) mass is 266 g/mol. The van der Waals surface area contributed by atoms with Crippen LogP contribution in [0.2, 0.25) is 11.6 Å². The molecule has 0 N–H and O–H groups in total. The lowest BCUT2D eigenvalue weighted by atomic mass is 10.1. The largest absolute Gasteiger partial charge is 0.255 e. The standard InChI is InChI=1S/C10H13Cl3Si/c1-3-10(14(2,12)13)8-4-6-9(11)7-5-8/h4-7,10H,3H2,1-2H3. The molecule has 1 rings (SSSR count). The van der Waals surface area contributed by atoms with E-state index < -0.39 is 6.69 Å². The second-order valence-corrected chi connectivity index (χ2v) is 11.8. The fourth-order valence-electron chi connectivity index (χ4n) is 1.58. The third kappa shape index (κ3) is 3.16. The van der Waals surface area contributed by atoms with Crippen LogP contribution in [-0.2, 0) is 0 Å². The molecule has 1 unspecified atom stereocenters. The van der Waals surface area contributed by atoms with Gasteiger partial charge in [-0.15, -0.1) is 22.2 Å². The van der Waals surface area contributed by atoms with Crippen LogP contribution in [0.5, 0.6) is 0 Å². The minimum Gasteiger partial charge on any atom is -0.145 e. The lowest BCUT2D eigenvalue weighted by molar-refractivity contribution is 0.864. The molecule has 1 aromatic carbocycles. The summed E-state index contributed by atoms with van der Waals surface area (Å²) < 4.78 is 0. The van der Waals surface area contributed by atoms with Gasteiger partial charge in [-0.05, 0) is 30.7 Å². The molecule has 4 heteroatoms. The van der Waals surface area contributed by atoms with Crippen molar-refractivity contribution >= 4 is 40.5 Å². The summed E-state index contributed by atoms with van der Waals surface area (Å²) in [6.45, 7) is 1.92. The van der Waals surface area contributed by atoms with Crippen LogP contribution in [0, 0.1) is 0 Å². The maximum atomic E-state index is 6.24. The quantitative estimate of drug-likeness (QED) is 0.538. The molecule has 0 aliphatic heterocycles. The predicted octanol–water partition coefficient (Wildman–Crippen LogP) is 4.92. The van der Waals surface area contributed by atoms with Crippen molar-refractivity contribution < 1.29 is 0 Å². The van der Waals surface area contributed by atoms with E-state index in [1.54, 1.807) is 0 Å². The molecule has 0 aliphatic rings.